The van der Waals surface area contributed by atoms with E-state index in [1.807, 2.05) is 0 Å². The number of hydrogen-bond donors (Lipinski definition) is 0. The first-order valence-electron chi connectivity index (χ1n) is 36.0. The Morgan fingerprint density at radius 3 is 0.762 bits per heavy atom. The average molecular weight is 1290 g/mol. The fourth-order valence-corrected chi connectivity index (χ4v) is 17.1. The summed E-state index contributed by atoms with van der Waals surface area (Å²) < 4.78 is 0. The Kier molecular flexibility index (Phi) is 13.5. The van der Waals surface area contributed by atoms with E-state index in [1.54, 1.807) is 0 Å². The molecule has 17 aromatic rings. The van der Waals surface area contributed by atoms with Crippen molar-refractivity contribution in [1.82, 2.24) is 0 Å². The molecule has 17 aromatic carbocycles. The molecule has 0 saturated carbocycles. The first-order chi connectivity index (χ1) is 49.0. The quantitative estimate of drug-likeness (QED) is 0.111. The summed E-state index contributed by atoms with van der Waals surface area (Å²) >= 11 is 0. The highest BCUT2D eigenvalue weighted by Gasteiger charge is 2.46. The molecule has 0 N–H and O–H groups in total. The Labute approximate surface area is 593 Å². The lowest BCUT2D eigenvalue weighted by Gasteiger charge is -2.46. The van der Waals surface area contributed by atoms with Gasteiger partial charge in [0.25, 0.3) is 6.71 Å². The van der Waals surface area contributed by atoms with Crippen molar-refractivity contribution in [2.24, 2.45) is 0 Å². The highest BCUT2D eigenvalue weighted by molar-refractivity contribution is 7.00. The Morgan fingerprint density at radius 1 is 0.218 bits per heavy atom. The molecule has 19 rings (SSSR count). The van der Waals surface area contributed by atoms with E-state index in [0.717, 1.165) is 67.3 Å². The molecule has 0 fully saturated rings. The van der Waals surface area contributed by atoms with E-state index in [0.29, 0.717) is 0 Å². The lowest BCUT2D eigenvalue weighted by Crippen LogP contribution is -2.61. The number of rotatable bonds is 8. The monoisotopic (exact) mass is 1290 g/mol. The largest absolute Gasteiger partial charge is 0.310 e. The molecule has 2 aliphatic rings. The van der Waals surface area contributed by atoms with Gasteiger partial charge in [-0.3, -0.25) is 0 Å². The van der Waals surface area contributed by atoms with Crippen LogP contribution < -0.4 is 26.2 Å². The SMILES string of the molecule is CC(C)(C)c1cc2c3c(c1)N(c1c(-c4ccccc4)cccc1-c1ccccc1)c1cc(-c4cc5ccc6cc(C(C)(C)C)cc7ccc(c4)c5c67)ccc1B3c1ccc(-c3cc4ccc5cc(C(C)(C)C)cc6ccc(c3)c4c56)cc1N2c1c(-c2ccccc2)cccc1-c1ccccc1. The topological polar surface area (TPSA) is 6.48 Å². The molecule has 2 aliphatic heterocycles. The van der Waals surface area contributed by atoms with Gasteiger partial charge in [-0.1, -0.05) is 317 Å². The third kappa shape index (κ3) is 9.75. The fraction of sp³-hybridized carbons (Fsp3) is 0.122. The Hall–Kier alpha value is -11.5. The Balaban J connectivity index is 0.920. The highest BCUT2D eigenvalue weighted by atomic mass is 15.2. The first kappa shape index (κ1) is 60.6. The molecule has 2 heterocycles. The van der Waals surface area contributed by atoms with Crippen molar-refractivity contribution in [1.29, 1.82) is 0 Å². The first-order valence-corrected chi connectivity index (χ1v) is 36.0. The van der Waals surface area contributed by atoms with Crippen molar-refractivity contribution >= 4 is 122 Å². The lowest BCUT2D eigenvalue weighted by atomic mass is 9.33. The minimum atomic E-state index is -0.290. The highest BCUT2D eigenvalue weighted by Crippen LogP contribution is 2.55. The van der Waals surface area contributed by atoms with E-state index in [-0.39, 0.29) is 23.0 Å². The summed E-state index contributed by atoms with van der Waals surface area (Å²) in [7, 11) is 0. The molecule has 3 heteroatoms. The molecule has 0 radical (unpaired) electrons. The smallest absolute Gasteiger partial charge is 0.252 e. The van der Waals surface area contributed by atoms with Crippen molar-refractivity contribution in [2.75, 3.05) is 9.80 Å². The van der Waals surface area contributed by atoms with Crippen molar-refractivity contribution in [3.63, 3.8) is 0 Å². The molecular formula is C98H77BN2. The molecule has 0 bridgehead atoms. The number of fused-ring (bicyclic) bond motifs is 4. The number of hydrogen-bond acceptors (Lipinski definition) is 2. The summed E-state index contributed by atoms with van der Waals surface area (Å²) in [6.07, 6.45) is 0. The lowest BCUT2D eigenvalue weighted by molar-refractivity contribution is 0.590. The summed E-state index contributed by atoms with van der Waals surface area (Å²) in [5.41, 5.74) is 28.5. The molecule has 0 amide bonds. The number of para-hydroxylation sites is 2. The van der Waals surface area contributed by atoms with Gasteiger partial charge < -0.3 is 9.80 Å². The van der Waals surface area contributed by atoms with Crippen LogP contribution in [0.1, 0.15) is 79.0 Å². The minimum absolute atomic E-state index is 0.0315. The zero-order valence-electron chi connectivity index (χ0n) is 58.8. The Bertz CT molecular complexity index is 5570. The molecule has 0 aromatic heterocycles. The maximum Gasteiger partial charge on any atom is 0.252 e. The van der Waals surface area contributed by atoms with E-state index < -0.39 is 0 Å². The van der Waals surface area contributed by atoms with Crippen LogP contribution in [0.5, 0.6) is 0 Å². The summed E-state index contributed by atoms with van der Waals surface area (Å²) in [5.74, 6) is 0. The molecule has 0 saturated heterocycles. The third-order valence-electron chi connectivity index (χ3n) is 22.3. The summed E-state index contributed by atoms with van der Waals surface area (Å²) in [6.45, 7) is 20.9. The van der Waals surface area contributed by atoms with Crippen LogP contribution in [-0.2, 0) is 16.2 Å². The second-order valence-electron chi connectivity index (χ2n) is 31.6. The van der Waals surface area contributed by atoms with Gasteiger partial charge in [-0.25, -0.2) is 0 Å². The molecule has 482 valence electrons. The van der Waals surface area contributed by atoms with E-state index >= 15 is 0 Å². The van der Waals surface area contributed by atoms with Crippen LogP contribution in [0.25, 0.3) is 131 Å². The van der Waals surface area contributed by atoms with Gasteiger partial charge in [-0.15, -0.1) is 0 Å². The zero-order valence-corrected chi connectivity index (χ0v) is 58.8. The molecule has 0 aliphatic carbocycles. The fourth-order valence-electron chi connectivity index (χ4n) is 17.1. The minimum Gasteiger partial charge on any atom is -0.310 e. The van der Waals surface area contributed by atoms with Gasteiger partial charge >= 0.3 is 0 Å². The van der Waals surface area contributed by atoms with Crippen molar-refractivity contribution in [2.45, 2.75) is 78.6 Å². The normalized spacial score (nSPS) is 13.1. The van der Waals surface area contributed by atoms with Gasteiger partial charge in [0.05, 0.1) is 11.4 Å². The maximum absolute atomic E-state index is 2.71. The van der Waals surface area contributed by atoms with E-state index in [2.05, 4.69) is 375 Å². The van der Waals surface area contributed by atoms with Crippen molar-refractivity contribution in [3.8, 4) is 66.8 Å². The second-order valence-corrected chi connectivity index (χ2v) is 31.6. The van der Waals surface area contributed by atoms with E-state index in [9.17, 15) is 0 Å². The summed E-state index contributed by atoms with van der Waals surface area (Å²) in [6, 6.07) is 117. The molecule has 0 unspecified atom stereocenters. The van der Waals surface area contributed by atoms with E-state index in [4.69, 9.17) is 0 Å². The number of benzene rings is 17. The van der Waals surface area contributed by atoms with Crippen molar-refractivity contribution < 1.29 is 0 Å². The summed E-state index contributed by atoms with van der Waals surface area (Å²) in [5, 5.41) is 15.5. The molecule has 0 atom stereocenters. The van der Waals surface area contributed by atoms with Crippen LogP contribution in [0.2, 0.25) is 0 Å². The molecule has 2 nitrogen and oxygen atoms in total. The van der Waals surface area contributed by atoms with Crippen LogP contribution in [0.4, 0.5) is 34.1 Å². The van der Waals surface area contributed by atoms with Crippen LogP contribution in [0, 0.1) is 0 Å². The predicted octanol–water partition coefficient (Wildman–Crippen LogP) is 25.5. The number of anilines is 6. The average Bonchev–Trinajstić information content (AvgIpc) is 0.687. The Morgan fingerprint density at radius 2 is 0.485 bits per heavy atom. The zero-order chi connectivity index (χ0) is 68.4. The molecular weight excluding hydrogens is 1220 g/mol. The summed E-state index contributed by atoms with van der Waals surface area (Å²) in [4.78, 5) is 5.41. The number of nitrogens with zero attached hydrogens (tertiary/aromatic N) is 2. The van der Waals surface area contributed by atoms with Crippen LogP contribution in [0.15, 0.2) is 303 Å². The van der Waals surface area contributed by atoms with Gasteiger partial charge in [0.15, 0.2) is 0 Å². The standard InChI is InChI=1S/C98H77BN2/c1-96(2,3)76-52-70-40-36-66-48-74(49-67-37-41-71(53-76)91(70)89(66)67)64-44-46-83-85(56-64)100(94-79(60-24-14-10-15-25-60)32-22-33-80(94)61-26-16-11-17-27-61)87-58-78(98(7,8)9)59-88-93(87)99(83)84-47-45-65(75-50-68-38-42-72-54-77(97(4,5)6)55-73-43-39-69(51-75)90(68)92(72)73)57-86(84)101(88)95-81(62-28-18-12-19-29-62)34-23-35-82(95)63-30-20-13-21-31-63/h10-59H,1-9H3. The van der Waals surface area contributed by atoms with Gasteiger partial charge in [0, 0.05) is 45.0 Å². The van der Waals surface area contributed by atoms with Crippen molar-refractivity contribution in [3.05, 3.63) is 320 Å². The van der Waals surface area contributed by atoms with Gasteiger partial charge in [-0.05, 0) is 207 Å². The predicted molar refractivity (Wildman–Crippen MR) is 437 cm³/mol. The van der Waals surface area contributed by atoms with Crippen LogP contribution in [-0.4, -0.2) is 6.71 Å². The maximum atomic E-state index is 2.71. The second kappa shape index (κ2) is 22.5. The third-order valence-corrected chi connectivity index (χ3v) is 22.3. The van der Waals surface area contributed by atoms with Gasteiger partial charge in [0.2, 0.25) is 0 Å². The van der Waals surface area contributed by atoms with Crippen LogP contribution >= 0.6 is 0 Å². The van der Waals surface area contributed by atoms with Crippen LogP contribution in [0.3, 0.4) is 0 Å². The van der Waals surface area contributed by atoms with Gasteiger partial charge in [0.1, 0.15) is 0 Å². The van der Waals surface area contributed by atoms with Gasteiger partial charge in [-0.2, -0.15) is 0 Å². The van der Waals surface area contributed by atoms with E-state index in [1.165, 1.54) is 131 Å². The molecule has 101 heavy (non-hydrogen) atoms. The molecule has 0 spiro atoms.